The van der Waals surface area contributed by atoms with Crippen molar-refractivity contribution in [1.82, 2.24) is 14.9 Å². The van der Waals surface area contributed by atoms with Crippen LogP contribution in [0.1, 0.15) is 48.0 Å². The minimum Gasteiger partial charge on any atom is -0.394 e. The number of anilines is 2. The van der Waals surface area contributed by atoms with E-state index in [0.717, 1.165) is 44.3 Å². The summed E-state index contributed by atoms with van der Waals surface area (Å²) in [6, 6.07) is 12.5. The summed E-state index contributed by atoms with van der Waals surface area (Å²) < 4.78 is 14.2. The maximum absolute atomic E-state index is 14.2. The first kappa shape index (κ1) is 21.2. The van der Waals surface area contributed by atoms with Crippen LogP contribution in [-0.2, 0) is 5.41 Å². The number of piperidine rings is 1. The number of fused-ring (bicyclic) bond motifs is 2. The summed E-state index contributed by atoms with van der Waals surface area (Å²) in [5, 5.41) is 9.76. The van der Waals surface area contributed by atoms with Crippen molar-refractivity contribution in [3.05, 3.63) is 71.8 Å². The van der Waals surface area contributed by atoms with Crippen molar-refractivity contribution in [3.8, 4) is 11.1 Å². The van der Waals surface area contributed by atoms with Gasteiger partial charge in [-0.25, -0.2) is 14.4 Å². The van der Waals surface area contributed by atoms with Crippen molar-refractivity contribution in [2.45, 2.75) is 43.6 Å². The number of aromatic nitrogens is 2. The van der Waals surface area contributed by atoms with Gasteiger partial charge in [-0.2, -0.15) is 0 Å². The first-order chi connectivity index (χ1) is 16.6. The van der Waals surface area contributed by atoms with E-state index in [-0.39, 0.29) is 29.8 Å². The largest absolute Gasteiger partial charge is 0.394 e. The molecule has 1 N–H and O–H groups in total. The van der Waals surface area contributed by atoms with Gasteiger partial charge < -0.3 is 14.9 Å². The number of aliphatic hydroxyl groups is 1. The predicted octanol–water partition coefficient (Wildman–Crippen LogP) is 4.45. The van der Waals surface area contributed by atoms with E-state index in [0.29, 0.717) is 29.2 Å². The van der Waals surface area contributed by atoms with Crippen LogP contribution < -0.4 is 4.90 Å². The van der Waals surface area contributed by atoms with E-state index >= 15 is 0 Å². The number of carbonyl (C=O) groups is 1. The Balaban J connectivity index is 1.33. The van der Waals surface area contributed by atoms with E-state index in [4.69, 9.17) is 0 Å². The number of hydrogen-bond acceptors (Lipinski definition) is 5. The van der Waals surface area contributed by atoms with Crippen LogP contribution >= 0.6 is 0 Å². The second-order valence-corrected chi connectivity index (χ2v) is 9.68. The number of halogens is 1. The van der Waals surface area contributed by atoms with E-state index in [1.807, 2.05) is 17.0 Å². The third-order valence-corrected chi connectivity index (χ3v) is 7.58. The van der Waals surface area contributed by atoms with Gasteiger partial charge in [-0.15, -0.1) is 0 Å². The molecule has 34 heavy (non-hydrogen) atoms. The van der Waals surface area contributed by atoms with E-state index < -0.39 is 0 Å². The second-order valence-electron chi connectivity index (χ2n) is 9.68. The summed E-state index contributed by atoms with van der Waals surface area (Å²) in [6.45, 7) is 1.45. The van der Waals surface area contributed by atoms with Crippen LogP contribution in [0.25, 0.3) is 11.1 Å². The van der Waals surface area contributed by atoms with Crippen molar-refractivity contribution in [1.29, 1.82) is 0 Å². The molecule has 1 aromatic heterocycles. The molecule has 1 spiro atoms. The van der Waals surface area contributed by atoms with Crippen molar-refractivity contribution < 1.29 is 14.3 Å². The molecule has 6 rings (SSSR count). The van der Waals surface area contributed by atoms with Gasteiger partial charge in [-0.1, -0.05) is 24.3 Å². The lowest BCUT2D eigenvalue weighted by Crippen LogP contribution is -2.45. The Morgan fingerprint density at radius 1 is 1.12 bits per heavy atom. The number of likely N-dealkylation sites (tertiary alicyclic amines) is 1. The third-order valence-electron chi connectivity index (χ3n) is 7.58. The average molecular weight is 459 g/mol. The Kier molecular flexibility index (Phi) is 5.10. The number of aliphatic hydroxyl groups excluding tert-OH is 1. The fraction of sp³-hybridized carbons (Fsp3) is 0.370. The van der Waals surface area contributed by atoms with Gasteiger partial charge in [-0.05, 0) is 55.9 Å². The van der Waals surface area contributed by atoms with Crippen molar-refractivity contribution in [3.63, 3.8) is 0 Å². The molecule has 2 fully saturated rings. The minimum atomic E-state index is -0.302. The molecule has 7 heteroatoms. The quantitative estimate of drug-likeness (QED) is 0.626. The summed E-state index contributed by atoms with van der Waals surface area (Å²) in [6.07, 6.45) is 8.37. The molecule has 6 nitrogen and oxygen atoms in total. The smallest absolute Gasteiger partial charge is 0.254 e. The molecule has 3 aromatic rings. The fourth-order valence-electron chi connectivity index (χ4n) is 5.48. The van der Waals surface area contributed by atoms with Gasteiger partial charge in [0.1, 0.15) is 5.82 Å². The molecule has 174 valence electrons. The molecular weight excluding hydrogens is 431 g/mol. The van der Waals surface area contributed by atoms with Crippen LogP contribution in [0.5, 0.6) is 0 Å². The number of rotatable bonds is 4. The monoisotopic (exact) mass is 458 g/mol. The molecule has 3 aliphatic rings. The molecule has 1 amide bonds. The highest BCUT2D eigenvalue weighted by Crippen LogP contribution is 2.57. The summed E-state index contributed by atoms with van der Waals surface area (Å²) in [4.78, 5) is 26.4. The van der Waals surface area contributed by atoms with Gasteiger partial charge in [0.05, 0.1) is 12.6 Å². The average Bonchev–Trinajstić information content (AvgIpc) is 3.60. The summed E-state index contributed by atoms with van der Waals surface area (Å²) in [5.74, 6) is 0.222. The number of hydrogen-bond donors (Lipinski definition) is 1. The minimum absolute atomic E-state index is 0.00584. The number of carbonyl (C=O) groups excluding carboxylic acids is 1. The standard InChI is InChI=1S/C27H27FN4O2/c28-23-7-2-1-6-21(23)19-14-29-26(30-15-19)32-17-27(10-11-27)22-9-8-18(13-24(22)32)25(34)31-12-4-3-5-20(31)16-33/h1-2,6-9,13-15,20,33H,3-5,10-12,16-17H2. The first-order valence-corrected chi connectivity index (χ1v) is 12.0. The SMILES string of the molecule is O=C(c1ccc2c(c1)N(c1ncc(-c3ccccc3F)cn1)CC21CC1)N1CCCCC1CO. The van der Waals surface area contributed by atoms with Crippen LogP contribution in [0.3, 0.4) is 0 Å². The lowest BCUT2D eigenvalue weighted by molar-refractivity contribution is 0.0503. The topological polar surface area (TPSA) is 69.6 Å². The van der Waals surface area contributed by atoms with Crippen LogP contribution in [0.2, 0.25) is 0 Å². The Labute approximate surface area is 198 Å². The molecule has 2 aliphatic heterocycles. The molecule has 3 heterocycles. The lowest BCUT2D eigenvalue weighted by Gasteiger charge is -2.34. The molecule has 0 radical (unpaired) electrons. The molecule has 2 aromatic carbocycles. The zero-order chi connectivity index (χ0) is 23.3. The molecule has 1 atom stereocenters. The van der Waals surface area contributed by atoms with Crippen molar-refractivity contribution in [2.75, 3.05) is 24.6 Å². The summed E-state index contributed by atoms with van der Waals surface area (Å²) in [7, 11) is 0. The Hall–Kier alpha value is -3.32. The Bertz CT molecular complexity index is 1240. The zero-order valence-corrected chi connectivity index (χ0v) is 19.0. The molecule has 1 saturated heterocycles. The van der Waals surface area contributed by atoms with Gasteiger partial charge >= 0.3 is 0 Å². The van der Waals surface area contributed by atoms with E-state index in [1.165, 1.54) is 11.6 Å². The number of benzene rings is 2. The molecule has 1 saturated carbocycles. The first-order valence-electron chi connectivity index (χ1n) is 12.0. The fourth-order valence-corrected chi connectivity index (χ4v) is 5.48. The Morgan fingerprint density at radius 3 is 2.65 bits per heavy atom. The highest BCUT2D eigenvalue weighted by Gasteiger charge is 2.52. The van der Waals surface area contributed by atoms with Gasteiger partial charge in [0.15, 0.2) is 0 Å². The van der Waals surface area contributed by atoms with E-state index in [2.05, 4.69) is 20.9 Å². The van der Waals surface area contributed by atoms with Crippen LogP contribution in [0.15, 0.2) is 54.9 Å². The number of amides is 1. The van der Waals surface area contributed by atoms with E-state index in [9.17, 15) is 14.3 Å². The van der Waals surface area contributed by atoms with Crippen LogP contribution in [0, 0.1) is 5.82 Å². The van der Waals surface area contributed by atoms with Gasteiger partial charge in [0.25, 0.3) is 5.91 Å². The second kappa shape index (κ2) is 8.17. The maximum atomic E-state index is 14.2. The molecular formula is C27H27FN4O2. The van der Waals surface area contributed by atoms with Crippen LogP contribution in [0.4, 0.5) is 16.0 Å². The molecule has 0 bridgehead atoms. The molecule has 1 aliphatic carbocycles. The predicted molar refractivity (Wildman–Crippen MR) is 128 cm³/mol. The van der Waals surface area contributed by atoms with Crippen molar-refractivity contribution >= 4 is 17.5 Å². The third kappa shape index (κ3) is 3.46. The normalized spacial score (nSPS) is 20.5. The highest BCUT2D eigenvalue weighted by atomic mass is 19.1. The van der Waals surface area contributed by atoms with Crippen LogP contribution in [-0.4, -0.2) is 51.6 Å². The van der Waals surface area contributed by atoms with Crippen molar-refractivity contribution in [2.24, 2.45) is 0 Å². The van der Waals surface area contributed by atoms with Gasteiger partial charge in [-0.3, -0.25) is 4.79 Å². The number of nitrogens with zero attached hydrogens (tertiary/aromatic N) is 4. The van der Waals surface area contributed by atoms with E-state index in [1.54, 1.807) is 30.6 Å². The lowest BCUT2D eigenvalue weighted by atomic mass is 9.96. The van der Waals surface area contributed by atoms with Gasteiger partial charge in [0.2, 0.25) is 5.95 Å². The summed E-state index contributed by atoms with van der Waals surface area (Å²) >= 11 is 0. The highest BCUT2D eigenvalue weighted by molar-refractivity contribution is 5.96. The molecule has 1 unspecified atom stereocenters. The zero-order valence-electron chi connectivity index (χ0n) is 19.0. The van der Waals surface area contributed by atoms with Gasteiger partial charge in [0, 0.05) is 53.3 Å². The summed E-state index contributed by atoms with van der Waals surface area (Å²) in [5.41, 5.74) is 4.05. The Morgan fingerprint density at radius 2 is 1.91 bits per heavy atom. The maximum Gasteiger partial charge on any atom is 0.254 e.